The van der Waals surface area contributed by atoms with Crippen molar-refractivity contribution in [3.63, 3.8) is 0 Å². The van der Waals surface area contributed by atoms with E-state index in [-0.39, 0.29) is 37.9 Å². The fourth-order valence-corrected chi connectivity index (χ4v) is 4.32. The summed E-state index contributed by atoms with van der Waals surface area (Å²) in [7, 11) is 0. The first-order valence-electron chi connectivity index (χ1n) is 13.2. The van der Waals surface area contributed by atoms with Crippen LogP contribution in [0.3, 0.4) is 0 Å². The molecule has 0 aromatic heterocycles. The molecule has 1 amide bonds. The number of carbonyl (C=O) groups is 2. The number of nitriles is 1. The third-order valence-electron chi connectivity index (χ3n) is 6.35. The molecule has 1 saturated heterocycles. The molecule has 1 aliphatic rings. The number of carbonyl (C=O) groups excluding carboxylic acids is 2. The maximum atomic E-state index is 12.4. The molecule has 0 spiro atoms. The Labute approximate surface area is 219 Å². The van der Waals surface area contributed by atoms with Crippen molar-refractivity contribution >= 4 is 34.4 Å². The first-order valence-corrected chi connectivity index (χ1v) is 13.2. The molecule has 0 saturated carbocycles. The van der Waals surface area contributed by atoms with E-state index in [1.807, 2.05) is 24.3 Å². The standard InChI is InChI=1S/C29H38N4O4/c30-12-4-1-3-7-28(34)37-18-17-36-16-13-32-29(35)26(22-31)20-23-8-9-25-21-27(11-10-24(25)19-23)33-14-5-2-6-15-33/h8-11,19-21H,1-7,12-18,30H2,(H,32,35)/b26-20+. The lowest BCUT2D eigenvalue weighted by atomic mass is 10.0. The Morgan fingerprint density at radius 2 is 1.78 bits per heavy atom. The summed E-state index contributed by atoms with van der Waals surface area (Å²) in [4.78, 5) is 26.5. The van der Waals surface area contributed by atoms with Crippen LogP contribution in [0.1, 0.15) is 50.5 Å². The highest BCUT2D eigenvalue weighted by atomic mass is 16.6. The van der Waals surface area contributed by atoms with E-state index in [1.165, 1.54) is 24.9 Å². The zero-order valence-corrected chi connectivity index (χ0v) is 21.5. The van der Waals surface area contributed by atoms with Gasteiger partial charge in [-0.05, 0) is 79.3 Å². The number of esters is 1. The van der Waals surface area contributed by atoms with Crippen molar-refractivity contribution in [2.24, 2.45) is 5.73 Å². The quantitative estimate of drug-likeness (QED) is 0.172. The predicted octanol–water partition coefficient (Wildman–Crippen LogP) is 3.93. The SMILES string of the molecule is N#C/C(=C\c1ccc2cc(N3CCCCC3)ccc2c1)C(=O)NCCOCCOC(=O)CCCCCN. The molecule has 0 aliphatic carbocycles. The average Bonchev–Trinajstić information content (AvgIpc) is 2.93. The summed E-state index contributed by atoms with van der Waals surface area (Å²) in [6.45, 7) is 3.77. The fourth-order valence-electron chi connectivity index (χ4n) is 4.32. The molecule has 0 radical (unpaired) electrons. The number of amides is 1. The number of fused-ring (bicyclic) bond motifs is 1. The van der Waals surface area contributed by atoms with Crippen LogP contribution in [0.25, 0.3) is 16.8 Å². The van der Waals surface area contributed by atoms with Crippen LogP contribution in [0.4, 0.5) is 5.69 Å². The second kappa shape index (κ2) is 15.6. The number of unbranched alkanes of at least 4 members (excludes halogenated alkanes) is 2. The number of nitrogens with two attached hydrogens (primary N) is 1. The third kappa shape index (κ3) is 9.52. The summed E-state index contributed by atoms with van der Waals surface area (Å²) in [6.07, 6.45) is 8.36. The van der Waals surface area contributed by atoms with Gasteiger partial charge in [0.05, 0.1) is 13.2 Å². The number of anilines is 1. The van der Waals surface area contributed by atoms with Crippen molar-refractivity contribution in [3.8, 4) is 6.07 Å². The topological polar surface area (TPSA) is 118 Å². The summed E-state index contributed by atoms with van der Waals surface area (Å²) in [5.41, 5.74) is 7.50. The van der Waals surface area contributed by atoms with Gasteiger partial charge < -0.3 is 25.4 Å². The molecule has 0 bridgehead atoms. The minimum atomic E-state index is -0.449. The van der Waals surface area contributed by atoms with E-state index in [4.69, 9.17) is 15.2 Å². The molecule has 8 nitrogen and oxygen atoms in total. The molecule has 1 heterocycles. The second-order valence-electron chi connectivity index (χ2n) is 9.20. The highest BCUT2D eigenvalue weighted by Gasteiger charge is 2.12. The van der Waals surface area contributed by atoms with E-state index < -0.39 is 5.91 Å². The van der Waals surface area contributed by atoms with Gasteiger partial charge in [0.2, 0.25) is 0 Å². The Morgan fingerprint density at radius 1 is 1.00 bits per heavy atom. The van der Waals surface area contributed by atoms with Crippen LogP contribution in [0.5, 0.6) is 0 Å². The number of rotatable bonds is 14. The molecule has 2 aromatic rings. The molecule has 8 heteroatoms. The monoisotopic (exact) mass is 506 g/mol. The van der Waals surface area contributed by atoms with Gasteiger partial charge in [0.1, 0.15) is 18.2 Å². The Morgan fingerprint density at radius 3 is 2.57 bits per heavy atom. The normalized spacial score (nSPS) is 13.8. The Balaban J connectivity index is 1.41. The van der Waals surface area contributed by atoms with Crippen molar-refractivity contribution in [1.29, 1.82) is 5.26 Å². The predicted molar refractivity (Wildman–Crippen MR) is 146 cm³/mol. The second-order valence-corrected chi connectivity index (χ2v) is 9.20. The average molecular weight is 507 g/mol. The zero-order valence-electron chi connectivity index (χ0n) is 21.5. The fraction of sp³-hybridized carbons (Fsp3) is 0.483. The lowest BCUT2D eigenvalue weighted by molar-refractivity contribution is -0.145. The van der Waals surface area contributed by atoms with Crippen molar-refractivity contribution in [3.05, 3.63) is 47.5 Å². The molecule has 3 N–H and O–H groups in total. The van der Waals surface area contributed by atoms with Crippen LogP contribution in [-0.4, -0.2) is 57.9 Å². The molecule has 2 aromatic carbocycles. The lowest BCUT2D eigenvalue weighted by Gasteiger charge is -2.29. The molecule has 1 aliphatic heterocycles. The van der Waals surface area contributed by atoms with Gasteiger partial charge in [-0.1, -0.05) is 24.6 Å². The van der Waals surface area contributed by atoms with Crippen LogP contribution >= 0.6 is 0 Å². The van der Waals surface area contributed by atoms with Crippen LogP contribution in [0, 0.1) is 11.3 Å². The van der Waals surface area contributed by atoms with Crippen LogP contribution in [0.15, 0.2) is 42.0 Å². The van der Waals surface area contributed by atoms with Crippen molar-refractivity contribution in [2.75, 3.05) is 50.9 Å². The number of benzene rings is 2. The maximum absolute atomic E-state index is 12.4. The summed E-state index contributed by atoms with van der Waals surface area (Å²) >= 11 is 0. The first kappa shape index (κ1) is 28.2. The highest BCUT2D eigenvalue weighted by Crippen LogP contribution is 2.26. The molecule has 0 unspecified atom stereocenters. The number of piperidine rings is 1. The van der Waals surface area contributed by atoms with Gasteiger partial charge in [-0.25, -0.2) is 0 Å². The van der Waals surface area contributed by atoms with Gasteiger partial charge in [0.15, 0.2) is 0 Å². The summed E-state index contributed by atoms with van der Waals surface area (Å²) < 4.78 is 10.5. The number of nitrogens with one attached hydrogen (secondary N) is 1. The summed E-state index contributed by atoms with van der Waals surface area (Å²) in [5, 5.41) is 14.4. The van der Waals surface area contributed by atoms with Crippen LogP contribution < -0.4 is 16.0 Å². The highest BCUT2D eigenvalue weighted by molar-refractivity contribution is 6.02. The van der Waals surface area contributed by atoms with E-state index in [0.717, 1.165) is 48.7 Å². The van der Waals surface area contributed by atoms with Crippen LogP contribution in [-0.2, 0) is 19.1 Å². The molecule has 0 atom stereocenters. The molecule has 1 fully saturated rings. The first-order chi connectivity index (χ1) is 18.1. The van der Waals surface area contributed by atoms with Gasteiger partial charge in [-0.2, -0.15) is 5.26 Å². The number of nitrogens with zero attached hydrogens (tertiary/aromatic N) is 2. The Hall–Kier alpha value is -3.41. The largest absolute Gasteiger partial charge is 0.463 e. The van der Waals surface area contributed by atoms with E-state index in [0.29, 0.717) is 13.0 Å². The molecule has 3 rings (SSSR count). The summed E-state index contributed by atoms with van der Waals surface area (Å²) in [5.74, 6) is -0.690. The van der Waals surface area contributed by atoms with Gasteiger partial charge in [0.25, 0.3) is 5.91 Å². The number of ether oxygens (including phenoxy) is 2. The lowest BCUT2D eigenvalue weighted by Crippen LogP contribution is -2.29. The smallest absolute Gasteiger partial charge is 0.305 e. The zero-order chi connectivity index (χ0) is 26.3. The Bertz CT molecular complexity index is 1100. The van der Waals surface area contributed by atoms with E-state index in [1.54, 1.807) is 6.08 Å². The number of hydrogen-bond acceptors (Lipinski definition) is 7. The Kier molecular flexibility index (Phi) is 11.9. The van der Waals surface area contributed by atoms with E-state index in [9.17, 15) is 14.9 Å². The summed E-state index contributed by atoms with van der Waals surface area (Å²) in [6, 6.07) is 14.4. The van der Waals surface area contributed by atoms with Gasteiger partial charge in [-0.15, -0.1) is 0 Å². The van der Waals surface area contributed by atoms with Crippen molar-refractivity contribution in [1.82, 2.24) is 5.32 Å². The molecule has 37 heavy (non-hydrogen) atoms. The van der Waals surface area contributed by atoms with Gasteiger partial charge in [0, 0.05) is 31.7 Å². The molecular weight excluding hydrogens is 468 g/mol. The minimum Gasteiger partial charge on any atom is -0.463 e. The van der Waals surface area contributed by atoms with Gasteiger partial charge in [-0.3, -0.25) is 9.59 Å². The molecular formula is C29H38N4O4. The number of hydrogen-bond donors (Lipinski definition) is 2. The van der Waals surface area contributed by atoms with Gasteiger partial charge >= 0.3 is 5.97 Å². The van der Waals surface area contributed by atoms with Crippen LogP contribution in [0.2, 0.25) is 0 Å². The van der Waals surface area contributed by atoms with E-state index >= 15 is 0 Å². The molecule has 198 valence electrons. The minimum absolute atomic E-state index is 0.0350. The van der Waals surface area contributed by atoms with E-state index in [2.05, 4.69) is 28.4 Å². The maximum Gasteiger partial charge on any atom is 0.305 e. The van der Waals surface area contributed by atoms with Crippen molar-refractivity contribution < 1.29 is 19.1 Å². The van der Waals surface area contributed by atoms with Crippen molar-refractivity contribution in [2.45, 2.75) is 44.9 Å². The third-order valence-corrected chi connectivity index (χ3v) is 6.35.